The van der Waals surface area contributed by atoms with Gasteiger partial charge in [0.25, 0.3) is 0 Å². The van der Waals surface area contributed by atoms with Crippen LogP contribution in [0.1, 0.15) is 24.3 Å². The summed E-state index contributed by atoms with van der Waals surface area (Å²) in [5.74, 6) is 3.47. The molecule has 1 aliphatic carbocycles. The number of nitrogens with zero attached hydrogens (tertiary/aromatic N) is 3. The maximum Gasteiger partial charge on any atom is 0.228 e. The number of para-hydroxylation sites is 1. The number of aliphatic imine (C=N–C) groups is 1. The number of aromatic nitrogens is 2. The summed E-state index contributed by atoms with van der Waals surface area (Å²) >= 11 is 5.92. The quantitative estimate of drug-likeness (QED) is 0.221. The van der Waals surface area contributed by atoms with Gasteiger partial charge < -0.3 is 19.9 Å². The highest BCUT2D eigenvalue weighted by atomic mass is 127. The van der Waals surface area contributed by atoms with Gasteiger partial charge in [-0.25, -0.2) is 0 Å². The molecule has 0 amide bonds. The van der Waals surface area contributed by atoms with E-state index in [1.54, 1.807) is 19.2 Å². The van der Waals surface area contributed by atoms with Crippen molar-refractivity contribution in [3.8, 4) is 17.1 Å². The summed E-state index contributed by atoms with van der Waals surface area (Å²) in [6, 6.07) is 15.5. The summed E-state index contributed by atoms with van der Waals surface area (Å²) in [5.41, 5.74) is 1.98. The first-order chi connectivity index (χ1) is 15.2. The van der Waals surface area contributed by atoms with Crippen LogP contribution in [0.15, 0.2) is 58.0 Å². The van der Waals surface area contributed by atoms with Crippen LogP contribution in [0.3, 0.4) is 0 Å². The average molecular weight is 568 g/mol. The average Bonchev–Trinajstić information content (AvgIpc) is 3.51. The molecule has 0 spiro atoms. The van der Waals surface area contributed by atoms with Crippen molar-refractivity contribution in [1.29, 1.82) is 0 Å². The first-order valence-electron chi connectivity index (χ1n) is 10.4. The molecule has 0 atom stereocenters. The van der Waals surface area contributed by atoms with Crippen LogP contribution in [0, 0.1) is 5.92 Å². The van der Waals surface area contributed by atoms with Crippen molar-refractivity contribution < 1.29 is 9.26 Å². The maximum absolute atomic E-state index is 5.98. The van der Waals surface area contributed by atoms with Gasteiger partial charge in [-0.1, -0.05) is 35.0 Å². The van der Waals surface area contributed by atoms with Gasteiger partial charge in [0.1, 0.15) is 5.75 Å². The molecule has 7 nitrogen and oxygen atoms in total. The molecule has 1 heterocycles. The predicted molar refractivity (Wildman–Crippen MR) is 137 cm³/mol. The van der Waals surface area contributed by atoms with Crippen molar-refractivity contribution in [2.45, 2.75) is 25.8 Å². The van der Waals surface area contributed by atoms with Gasteiger partial charge in [-0.05, 0) is 49.1 Å². The number of ether oxygens (including phenoxy) is 1. The molecule has 0 radical (unpaired) electrons. The van der Waals surface area contributed by atoms with Crippen molar-refractivity contribution in [3.63, 3.8) is 0 Å². The third kappa shape index (κ3) is 7.09. The minimum Gasteiger partial charge on any atom is -0.493 e. The van der Waals surface area contributed by atoms with E-state index < -0.39 is 0 Å². The Hall–Kier alpha value is -2.33. The first kappa shape index (κ1) is 24.3. The lowest BCUT2D eigenvalue weighted by molar-refractivity contribution is 0.296. The number of rotatable bonds is 9. The smallest absolute Gasteiger partial charge is 0.228 e. The Balaban J connectivity index is 0.00000289. The molecule has 1 aliphatic rings. The Morgan fingerprint density at radius 3 is 2.69 bits per heavy atom. The van der Waals surface area contributed by atoms with Crippen molar-refractivity contribution in [3.05, 3.63) is 65.0 Å². The second-order valence-corrected chi connectivity index (χ2v) is 7.92. The largest absolute Gasteiger partial charge is 0.493 e. The zero-order valence-electron chi connectivity index (χ0n) is 17.9. The molecule has 2 aromatic carbocycles. The molecule has 170 valence electrons. The third-order valence-electron chi connectivity index (χ3n) is 5.02. The Labute approximate surface area is 210 Å². The van der Waals surface area contributed by atoms with Gasteiger partial charge in [-0.2, -0.15) is 4.98 Å². The number of hydrogen-bond acceptors (Lipinski definition) is 5. The zero-order chi connectivity index (χ0) is 21.5. The third-order valence-corrected chi connectivity index (χ3v) is 5.27. The number of halogens is 2. The van der Waals surface area contributed by atoms with Crippen LogP contribution in [-0.2, 0) is 13.0 Å². The van der Waals surface area contributed by atoms with E-state index in [2.05, 4.69) is 31.8 Å². The molecule has 0 bridgehead atoms. The van der Waals surface area contributed by atoms with E-state index in [-0.39, 0.29) is 24.0 Å². The fraction of sp³-hybridized carbons (Fsp3) is 0.348. The lowest BCUT2D eigenvalue weighted by Gasteiger charge is -2.14. The van der Waals surface area contributed by atoms with Gasteiger partial charge in [-0.15, -0.1) is 24.0 Å². The number of nitrogens with one attached hydrogen (secondary N) is 2. The topological polar surface area (TPSA) is 84.6 Å². The van der Waals surface area contributed by atoms with E-state index in [4.69, 9.17) is 20.9 Å². The molecule has 0 saturated heterocycles. The fourth-order valence-corrected chi connectivity index (χ4v) is 3.17. The summed E-state index contributed by atoms with van der Waals surface area (Å²) in [5, 5.41) is 11.3. The van der Waals surface area contributed by atoms with Gasteiger partial charge in [0.2, 0.25) is 11.7 Å². The van der Waals surface area contributed by atoms with Gasteiger partial charge in [0.05, 0.1) is 6.61 Å². The SMILES string of the molecule is CN=C(NCCc1nc(-c2ccc(Cl)cc2)no1)NCc1ccccc1OCC1CC1.I. The summed E-state index contributed by atoms with van der Waals surface area (Å²) in [6.07, 6.45) is 3.14. The molecule has 0 aliphatic heterocycles. The Kier molecular flexibility index (Phi) is 9.16. The second-order valence-electron chi connectivity index (χ2n) is 7.48. The number of hydrogen-bond donors (Lipinski definition) is 2. The molecule has 4 rings (SSSR count). The van der Waals surface area contributed by atoms with Gasteiger partial charge in [-0.3, -0.25) is 4.99 Å². The van der Waals surface area contributed by atoms with E-state index in [1.807, 2.05) is 30.3 Å². The lowest BCUT2D eigenvalue weighted by atomic mass is 10.2. The summed E-state index contributed by atoms with van der Waals surface area (Å²) in [4.78, 5) is 8.72. The monoisotopic (exact) mass is 567 g/mol. The molecule has 1 aromatic heterocycles. The van der Waals surface area contributed by atoms with E-state index in [9.17, 15) is 0 Å². The predicted octanol–water partition coefficient (Wildman–Crippen LogP) is 4.70. The van der Waals surface area contributed by atoms with Crippen molar-refractivity contribution in [1.82, 2.24) is 20.8 Å². The van der Waals surface area contributed by atoms with E-state index >= 15 is 0 Å². The molecule has 3 aromatic rings. The Morgan fingerprint density at radius 1 is 1.16 bits per heavy atom. The van der Waals surface area contributed by atoms with Crippen molar-refractivity contribution in [2.75, 3.05) is 20.2 Å². The molecular formula is C23H27ClIN5O2. The van der Waals surface area contributed by atoms with Gasteiger partial charge >= 0.3 is 0 Å². The highest BCUT2D eigenvalue weighted by Crippen LogP contribution is 2.30. The highest BCUT2D eigenvalue weighted by Gasteiger charge is 2.22. The standard InChI is InChI=1S/C23H26ClN5O2.HI/c1-25-23(27-14-18-4-2-3-5-20(18)30-15-16-6-7-16)26-13-12-21-28-22(29-31-21)17-8-10-19(24)11-9-17;/h2-5,8-11,16H,6-7,12-15H2,1H3,(H2,25,26,27);1H. The Bertz CT molecular complexity index is 1020. The van der Waals surface area contributed by atoms with Crippen LogP contribution in [-0.4, -0.2) is 36.3 Å². The summed E-state index contributed by atoms with van der Waals surface area (Å²) in [6.45, 7) is 2.04. The minimum absolute atomic E-state index is 0. The van der Waals surface area contributed by atoms with Crippen LogP contribution in [0.25, 0.3) is 11.4 Å². The lowest BCUT2D eigenvalue weighted by Crippen LogP contribution is -2.38. The normalized spacial score (nSPS) is 13.4. The molecule has 9 heteroatoms. The molecule has 1 saturated carbocycles. The zero-order valence-corrected chi connectivity index (χ0v) is 21.0. The van der Waals surface area contributed by atoms with Crippen LogP contribution < -0.4 is 15.4 Å². The van der Waals surface area contributed by atoms with Crippen molar-refractivity contribution >= 4 is 41.5 Å². The second kappa shape index (κ2) is 12.1. The summed E-state index contributed by atoms with van der Waals surface area (Å²) < 4.78 is 11.3. The van der Waals surface area contributed by atoms with E-state index in [1.165, 1.54) is 12.8 Å². The molecule has 1 fully saturated rings. The maximum atomic E-state index is 5.98. The van der Waals surface area contributed by atoms with Crippen LogP contribution in [0.2, 0.25) is 5.02 Å². The van der Waals surface area contributed by atoms with E-state index in [0.717, 1.165) is 29.4 Å². The molecule has 0 unspecified atom stereocenters. The molecule has 32 heavy (non-hydrogen) atoms. The highest BCUT2D eigenvalue weighted by molar-refractivity contribution is 14.0. The van der Waals surface area contributed by atoms with Crippen molar-refractivity contribution in [2.24, 2.45) is 10.9 Å². The molecule has 2 N–H and O–H groups in total. The minimum atomic E-state index is 0. The summed E-state index contributed by atoms with van der Waals surface area (Å²) in [7, 11) is 1.75. The number of benzene rings is 2. The fourth-order valence-electron chi connectivity index (χ4n) is 3.04. The van der Waals surface area contributed by atoms with Crippen LogP contribution in [0.4, 0.5) is 0 Å². The first-order valence-corrected chi connectivity index (χ1v) is 10.8. The van der Waals surface area contributed by atoms with Crippen LogP contribution >= 0.6 is 35.6 Å². The Morgan fingerprint density at radius 2 is 1.94 bits per heavy atom. The number of guanidine groups is 1. The van der Waals surface area contributed by atoms with Crippen LogP contribution in [0.5, 0.6) is 5.75 Å². The van der Waals surface area contributed by atoms with Gasteiger partial charge in [0.15, 0.2) is 5.96 Å². The van der Waals surface area contributed by atoms with E-state index in [0.29, 0.717) is 42.2 Å². The molecular weight excluding hydrogens is 541 g/mol. The van der Waals surface area contributed by atoms with Gasteiger partial charge in [0, 0.05) is 42.7 Å².